The van der Waals surface area contributed by atoms with E-state index in [1.165, 1.54) is 13.8 Å². The number of ether oxygens (including phenoxy) is 1. The molecule has 90 valence electrons. The van der Waals surface area contributed by atoms with Crippen molar-refractivity contribution in [2.24, 2.45) is 0 Å². The molecule has 0 saturated heterocycles. The van der Waals surface area contributed by atoms with Gasteiger partial charge >= 0.3 is 11.9 Å². The second kappa shape index (κ2) is 7.58. The highest BCUT2D eigenvalue weighted by molar-refractivity contribution is 5.94. The summed E-state index contributed by atoms with van der Waals surface area (Å²) in [5.74, 6) is -1.60. The van der Waals surface area contributed by atoms with E-state index in [2.05, 4.69) is 21.1 Å². The molecular formula is C10H14O6. The summed E-state index contributed by atoms with van der Waals surface area (Å²) in [6.07, 6.45) is -0.272. The van der Waals surface area contributed by atoms with Crippen LogP contribution in [0.15, 0.2) is 12.2 Å². The zero-order valence-corrected chi connectivity index (χ0v) is 9.28. The van der Waals surface area contributed by atoms with Gasteiger partial charge in [0, 0.05) is 5.57 Å². The van der Waals surface area contributed by atoms with Gasteiger partial charge in [-0.3, -0.25) is 14.5 Å². The summed E-state index contributed by atoms with van der Waals surface area (Å²) in [6.45, 7) is 5.91. The average Bonchev–Trinajstić information content (AvgIpc) is 2.15. The van der Waals surface area contributed by atoms with Crippen LogP contribution in [0.4, 0.5) is 0 Å². The van der Waals surface area contributed by atoms with Gasteiger partial charge in [0.1, 0.15) is 25.4 Å². The molecule has 0 bridgehead atoms. The molecule has 0 saturated carbocycles. The first kappa shape index (κ1) is 14.3. The molecule has 0 aromatic carbocycles. The molecule has 0 spiro atoms. The Morgan fingerprint density at radius 1 is 1.12 bits per heavy atom. The highest BCUT2D eigenvalue weighted by Gasteiger charge is 2.07. The third-order valence-corrected chi connectivity index (χ3v) is 1.31. The van der Waals surface area contributed by atoms with Gasteiger partial charge in [-0.1, -0.05) is 6.58 Å². The molecule has 0 aliphatic heterocycles. The lowest BCUT2D eigenvalue weighted by Crippen LogP contribution is -2.14. The van der Waals surface area contributed by atoms with E-state index in [1.807, 2.05) is 0 Å². The zero-order chi connectivity index (χ0) is 12.6. The molecule has 0 amide bonds. The van der Waals surface area contributed by atoms with Crippen molar-refractivity contribution in [1.29, 1.82) is 0 Å². The maximum absolute atomic E-state index is 10.8. The largest absolute Gasteiger partial charge is 0.463 e. The summed E-state index contributed by atoms with van der Waals surface area (Å²) in [7, 11) is 0. The van der Waals surface area contributed by atoms with Gasteiger partial charge in [-0.15, -0.1) is 0 Å². The van der Waals surface area contributed by atoms with Crippen LogP contribution in [-0.2, 0) is 28.9 Å². The van der Waals surface area contributed by atoms with Crippen LogP contribution in [0.2, 0.25) is 0 Å². The van der Waals surface area contributed by atoms with Crippen molar-refractivity contribution in [3.63, 3.8) is 0 Å². The molecule has 6 nitrogen and oxygen atoms in total. The third-order valence-electron chi connectivity index (χ3n) is 1.31. The van der Waals surface area contributed by atoms with E-state index in [0.717, 1.165) is 0 Å². The third kappa shape index (κ3) is 7.69. The SMILES string of the molecule is C=C(C)C(=O)OOCCOC(=O)CC(C)=O. The van der Waals surface area contributed by atoms with Crippen molar-refractivity contribution in [1.82, 2.24) is 0 Å². The van der Waals surface area contributed by atoms with Gasteiger partial charge < -0.3 is 4.74 Å². The number of hydrogen-bond donors (Lipinski definition) is 0. The predicted molar refractivity (Wildman–Crippen MR) is 53.1 cm³/mol. The fourth-order valence-corrected chi connectivity index (χ4v) is 0.610. The van der Waals surface area contributed by atoms with Crippen LogP contribution < -0.4 is 0 Å². The standard InChI is InChI=1S/C10H14O6/c1-7(2)10(13)16-15-5-4-14-9(12)6-8(3)11/h1,4-6H2,2-3H3. The van der Waals surface area contributed by atoms with Crippen LogP contribution in [0.5, 0.6) is 0 Å². The van der Waals surface area contributed by atoms with Crippen LogP contribution in [0.1, 0.15) is 20.3 Å². The fraction of sp³-hybridized carbons (Fsp3) is 0.500. The summed E-state index contributed by atoms with van der Waals surface area (Å²) in [6, 6.07) is 0. The number of esters is 1. The Hall–Kier alpha value is -1.69. The maximum Gasteiger partial charge on any atom is 0.368 e. The Kier molecular flexibility index (Phi) is 6.78. The maximum atomic E-state index is 10.8. The second-order valence-electron chi connectivity index (χ2n) is 3.07. The van der Waals surface area contributed by atoms with E-state index in [1.54, 1.807) is 0 Å². The van der Waals surface area contributed by atoms with Crippen molar-refractivity contribution >= 4 is 17.7 Å². The van der Waals surface area contributed by atoms with Crippen LogP contribution in [0, 0.1) is 0 Å². The van der Waals surface area contributed by atoms with E-state index < -0.39 is 11.9 Å². The summed E-state index contributed by atoms with van der Waals surface area (Å²) in [4.78, 5) is 40.8. The van der Waals surface area contributed by atoms with E-state index in [0.29, 0.717) is 0 Å². The number of Topliss-reactive ketones (excluding diaryl/α,β-unsaturated/α-hetero) is 1. The van der Waals surface area contributed by atoms with E-state index in [4.69, 9.17) is 0 Å². The molecule has 0 aliphatic carbocycles. The van der Waals surface area contributed by atoms with Crippen molar-refractivity contribution in [3.8, 4) is 0 Å². The topological polar surface area (TPSA) is 78.9 Å². The minimum Gasteiger partial charge on any atom is -0.463 e. The van der Waals surface area contributed by atoms with Gasteiger partial charge in [0.15, 0.2) is 0 Å². The van der Waals surface area contributed by atoms with E-state index >= 15 is 0 Å². The van der Waals surface area contributed by atoms with Gasteiger partial charge in [0.05, 0.1) is 0 Å². The van der Waals surface area contributed by atoms with Crippen LogP contribution in [-0.4, -0.2) is 30.9 Å². The highest BCUT2D eigenvalue weighted by atomic mass is 17.2. The molecule has 16 heavy (non-hydrogen) atoms. The van der Waals surface area contributed by atoms with Gasteiger partial charge in [-0.05, 0) is 13.8 Å². The lowest BCUT2D eigenvalue weighted by Gasteiger charge is -2.04. The Morgan fingerprint density at radius 2 is 1.75 bits per heavy atom. The molecule has 0 N–H and O–H groups in total. The first-order valence-corrected chi connectivity index (χ1v) is 4.58. The first-order valence-electron chi connectivity index (χ1n) is 4.58. The Labute approximate surface area is 93.1 Å². The van der Waals surface area contributed by atoms with Gasteiger partial charge in [-0.25, -0.2) is 4.79 Å². The second-order valence-corrected chi connectivity index (χ2v) is 3.07. The van der Waals surface area contributed by atoms with Crippen molar-refractivity contribution in [3.05, 3.63) is 12.2 Å². The normalized spacial score (nSPS) is 9.38. The molecule has 0 unspecified atom stereocenters. The quantitative estimate of drug-likeness (QED) is 0.159. The van der Waals surface area contributed by atoms with Crippen molar-refractivity contribution < 1.29 is 28.9 Å². The minimum atomic E-state index is -0.685. The average molecular weight is 230 g/mol. The van der Waals surface area contributed by atoms with E-state index in [9.17, 15) is 14.4 Å². The van der Waals surface area contributed by atoms with Gasteiger partial charge in [0.2, 0.25) is 0 Å². The van der Waals surface area contributed by atoms with Crippen LogP contribution in [0.3, 0.4) is 0 Å². The Morgan fingerprint density at radius 3 is 2.25 bits per heavy atom. The summed E-state index contributed by atoms with van der Waals surface area (Å²) < 4.78 is 4.60. The van der Waals surface area contributed by atoms with Gasteiger partial charge in [-0.2, -0.15) is 4.89 Å². The summed E-state index contributed by atoms with van der Waals surface area (Å²) in [5, 5.41) is 0. The summed E-state index contributed by atoms with van der Waals surface area (Å²) >= 11 is 0. The first-order chi connectivity index (χ1) is 7.43. The van der Waals surface area contributed by atoms with Crippen LogP contribution >= 0.6 is 0 Å². The molecule has 6 heteroatoms. The smallest absolute Gasteiger partial charge is 0.368 e. The predicted octanol–water partition coefficient (Wildman–Crippen LogP) is 0.560. The molecule has 0 heterocycles. The lowest BCUT2D eigenvalue weighted by molar-refractivity contribution is -0.271. The van der Waals surface area contributed by atoms with Crippen molar-refractivity contribution in [2.75, 3.05) is 13.2 Å². The number of hydrogen-bond acceptors (Lipinski definition) is 6. The molecule has 0 atom stereocenters. The molecule has 0 aliphatic rings. The molecule has 0 aromatic heterocycles. The number of carbonyl (C=O) groups excluding carboxylic acids is 3. The minimum absolute atomic E-state index is 0.0877. The highest BCUT2D eigenvalue weighted by Crippen LogP contribution is 1.93. The molecule has 0 fully saturated rings. The number of carbonyl (C=O) groups is 3. The molecule has 0 radical (unpaired) electrons. The Bertz CT molecular complexity index is 294. The fourth-order valence-electron chi connectivity index (χ4n) is 0.610. The Balaban J connectivity index is 3.47. The van der Waals surface area contributed by atoms with E-state index in [-0.39, 0.29) is 31.0 Å². The lowest BCUT2D eigenvalue weighted by atomic mass is 10.3. The molecule has 0 rings (SSSR count). The monoisotopic (exact) mass is 230 g/mol. The molecule has 0 aromatic rings. The molecular weight excluding hydrogens is 216 g/mol. The van der Waals surface area contributed by atoms with Crippen LogP contribution in [0.25, 0.3) is 0 Å². The zero-order valence-electron chi connectivity index (χ0n) is 9.28. The number of rotatable bonds is 7. The van der Waals surface area contributed by atoms with Gasteiger partial charge in [0.25, 0.3) is 0 Å². The summed E-state index contributed by atoms with van der Waals surface area (Å²) in [5.41, 5.74) is 0.202. The number of ketones is 1. The van der Waals surface area contributed by atoms with Crippen molar-refractivity contribution in [2.45, 2.75) is 20.3 Å².